The molecule has 0 spiro atoms. The average Bonchev–Trinajstić information content (AvgIpc) is 3.73. The molecule has 13 aromatic rings. The third-order valence-electron chi connectivity index (χ3n) is 12.4. The van der Waals surface area contributed by atoms with E-state index in [1.54, 1.807) is 0 Å². The minimum atomic E-state index is 1.25. The van der Waals surface area contributed by atoms with Gasteiger partial charge >= 0.3 is 0 Å². The maximum Gasteiger partial charge on any atom is -0.000740 e. The van der Waals surface area contributed by atoms with Crippen molar-refractivity contribution in [2.75, 3.05) is 0 Å². The van der Waals surface area contributed by atoms with Crippen molar-refractivity contribution in [3.63, 3.8) is 0 Å². The van der Waals surface area contributed by atoms with Gasteiger partial charge in [0, 0.05) is 0 Å². The summed E-state index contributed by atoms with van der Waals surface area (Å²) in [5, 5.41) is 24.0. The van der Waals surface area contributed by atoms with E-state index in [1.807, 2.05) is 0 Å². The van der Waals surface area contributed by atoms with Crippen LogP contribution >= 0.6 is 0 Å². The highest BCUT2D eigenvalue weighted by Gasteiger charge is 2.26. The molecular formula is C54H30. The maximum atomic E-state index is 2.55. The van der Waals surface area contributed by atoms with Gasteiger partial charge in [-0.1, -0.05) is 164 Å². The van der Waals surface area contributed by atoms with E-state index in [2.05, 4.69) is 182 Å². The van der Waals surface area contributed by atoms with Crippen LogP contribution in [0.25, 0.3) is 130 Å². The zero-order valence-electron chi connectivity index (χ0n) is 29.3. The molecule has 0 saturated carbocycles. The predicted octanol–water partition coefficient (Wildman–Crippen LogP) is 15.4. The van der Waals surface area contributed by atoms with E-state index < -0.39 is 0 Å². The molecule has 0 aliphatic carbocycles. The Morgan fingerprint density at radius 3 is 1.41 bits per heavy atom. The number of rotatable bonds is 3. The van der Waals surface area contributed by atoms with Gasteiger partial charge in [-0.25, -0.2) is 0 Å². The van der Waals surface area contributed by atoms with E-state index in [-0.39, 0.29) is 0 Å². The molecule has 0 fully saturated rings. The molecule has 13 rings (SSSR count). The zero-order chi connectivity index (χ0) is 35.1. The minimum absolute atomic E-state index is 1.25. The van der Waals surface area contributed by atoms with Crippen molar-refractivity contribution in [2.24, 2.45) is 0 Å². The van der Waals surface area contributed by atoms with Gasteiger partial charge in [-0.2, -0.15) is 0 Å². The summed E-state index contributed by atoms with van der Waals surface area (Å²) in [5.41, 5.74) is 7.64. The zero-order valence-corrected chi connectivity index (χ0v) is 29.3. The molecule has 0 heterocycles. The van der Waals surface area contributed by atoms with Gasteiger partial charge in [-0.3, -0.25) is 0 Å². The largest absolute Gasteiger partial charge is 0.0622 e. The van der Waals surface area contributed by atoms with Crippen LogP contribution in [0.15, 0.2) is 182 Å². The molecule has 0 aliphatic heterocycles. The van der Waals surface area contributed by atoms with Crippen LogP contribution in [0.2, 0.25) is 0 Å². The van der Waals surface area contributed by atoms with Crippen LogP contribution in [0, 0.1) is 0 Å². The summed E-state index contributed by atoms with van der Waals surface area (Å²) in [4.78, 5) is 0. The molecule has 0 nitrogen and oxygen atoms in total. The number of hydrogen-bond donors (Lipinski definition) is 0. The van der Waals surface area contributed by atoms with Crippen molar-refractivity contribution in [1.29, 1.82) is 0 Å². The average molecular weight is 679 g/mol. The Labute approximate surface area is 311 Å². The molecule has 0 atom stereocenters. The van der Waals surface area contributed by atoms with Crippen LogP contribution in [0.5, 0.6) is 0 Å². The highest BCUT2D eigenvalue weighted by atomic mass is 14.3. The second kappa shape index (κ2) is 10.3. The van der Waals surface area contributed by atoms with Crippen molar-refractivity contribution in [3.05, 3.63) is 182 Å². The molecule has 0 aromatic heterocycles. The molecule has 0 bridgehead atoms. The summed E-state index contributed by atoms with van der Waals surface area (Å²) < 4.78 is 0. The fourth-order valence-electron chi connectivity index (χ4n) is 10.3. The van der Waals surface area contributed by atoms with E-state index in [9.17, 15) is 0 Å². The number of benzene rings is 11. The first-order chi connectivity index (χ1) is 26.8. The van der Waals surface area contributed by atoms with Gasteiger partial charge in [-0.05, 0) is 149 Å². The molecule has 0 amide bonds. The van der Waals surface area contributed by atoms with Crippen molar-refractivity contribution < 1.29 is 0 Å². The minimum Gasteiger partial charge on any atom is -0.0622 e. The van der Waals surface area contributed by atoms with E-state index in [0.29, 0.717) is 0 Å². The fourth-order valence-corrected chi connectivity index (χ4v) is 10.3. The molecule has 0 aliphatic rings. The third-order valence-corrected chi connectivity index (χ3v) is 12.4. The second-order valence-corrected chi connectivity index (χ2v) is 15.1. The first kappa shape index (κ1) is 28.6. The summed E-state index contributed by atoms with van der Waals surface area (Å²) in [6.07, 6.45) is 0. The van der Waals surface area contributed by atoms with Gasteiger partial charge in [0.15, 0.2) is 0 Å². The topological polar surface area (TPSA) is 0 Å². The standard InChI is InChI=1S/C54H30/c1-4-12-31(13-5-1)37-26-27-41-51-38(37)20-11-21-40(51)53-48(32-14-6-2-7-15-32)46-30-43-42(29-45(46)49(54(41)53)33-16-8-3-9-17-33)39-25-24-35-23-22-34-18-10-19-36-28-44(43)52(39)50(35)47(34)36/h1-30H. The first-order valence-corrected chi connectivity index (χ1v) is 18.9. The van der Waals surface area contributed by atoms with Gasteiger partial charge < -0.3 is 0 Å². The molecule has 0 unspecified atom stereocenters. The Morgan fingerprint density at radius 2 is 0.722 bits per heavy atom. The summed E-state index contributed by atoms with van der Waals surface area (Å²) >= 11 is 0. The Morgan fingerprint density at radius 1 is 0.204 bits per heavy atom. The summed E-state index contributed by atoms with van der Waals surface area (Å²) in [5.74, 6) is 0. The Kier molecular flexibility index (Phi) is 5.45. The quantitative estimate of drug-likeness (QED) is 0.163. The Balaban J connectivity index is 1.30. The molecule has 0 saturated heterocycles. The highest BCUT2D eigenvalue weighted by Crippen LogP contribution is 2.54. The van der Waals surface area contributed by atoms with Gasteiger partial charge in [-0.15, -0.1) is 0 Å². The normalized spacial score (nSPS) is 12.4. The maximum absolute atomic E-state index is 2.55. The van der Waals surface area contributed by atoms with Crippen LogP contribution in [0.1, 0.15) is 0 Å². The van der Waals surface area contributed by atoms with Crippen LogP contribution in [-0.2, 0) is 0 Å². The first-order valence-electron chi connectivity index (χ1n) is 18.9. The van der Waals surface area contributed by atoms with Gasteiger partial charge in [0.2, 0.25) is 0 Å². The lowest BCUT2D eigenvalue weighted by Crippen LogP contribution is -1.89. The Hall–Kier alpha value is -7.02. The van der Waals surface area contributed by atoms with Gasteiger partial charge in [0.05, 0.1) is 0 Å². The molecule has 54 heavy (non-hydrogen) atoms. The molecule has 13 aromatic carbocycles. The highest BCUT2D eigenvalue weighted by molar-refractivity contribution is 6.44. The number of hydrogen-bond acceptors (Lipinski definition) is 0. The lowest BCUT2D eigenvalue weighted by molar-refractivity contribution is 1.67. The summed E-state index contributed by atoms with van der Waals surface area (Å²) in [7, 11) is 0. The lowest BCUT2D eigenvalue weighted by atomic mass is 9.85. The number of fused-ring (bicyclic) bond motifs is 7. The fraction of sp³-hybridized carbons (Fsp3) is 0. The van der Waals surface area contributed by atoms with Crippen LogP contribution in [-0.4, -0.2) is 0 Å². The monoisotopic (exact) mass is 678 g/mol. The second-order valence-electron chi connectivity index (χ2n) is 15.1. The van der Waals surface area contributed by atoms with E-state index in [4.69, 9.17) is 0 Å². The summed E-state index contributed by atoms with van der Waals surface area (Å²) in [6, 6.07) is 68.4. The van der Waals surface area contributed by atoms with Crippen LogP contribution in [0.4, 0.5) is 0 Å². The van der Waals surface area contributed by atoms with E-state index in [0.717, 1.165) is 0 Å². The predicted molar refractivity (Wildman–Crippen MR) is 234 cm³/mol. The van der Waals surface area contributed by atoms with E-state index >= 15 is 0 Å². The van der Waals surface area contributed by atoms with Crippen molar-refractivity contribution in [2.45, 2.75) is 0 Å². The smallest absolute Gasteiger partial charge is 0.000740 e. The van der Waals surface area contributed by atoms with Gasteiger partial charge in [0.1, 0.15) is 0 Å². The summed E-state index contributed by atoms with van der Waals surface area (Å²) in [6.45, 7) is 0. The van der Waals surface area contributed by atoms with Crippen molar-refractivity contribution >= 4 is 97.0 Å². The molecule has 0 heteroatoms. The SMILES string of the molecule is c1ccc(-c2ccc3c4c(-c5ccccc5)c5cc6c(cc5c(-c5ccccc5)c4c4cccc2c34)c2cc3cccc4ccc5ccc6c2c5c43)cc1. The van der Waals surface area contributed by atoms with E-state index in [1.165, 1.54) is 130 Å². The Bertz CT molecular complexity index is 3620. The molecule has 246 valence electrons. The lowest BCUT2D eigenvalue weighted by Gasteiger charge is -2.17. The van der Waals surface area contributed by atoms with Crippen molar-refractivity contribution in [3.8, 4) is 33.4 Å². The molecule has 0 N–H and O–H groups in total. The van der Waals surface area contributed by atoms with Crippen molar-refractivity contribution in [1.82, 2.24) is 0 Å². The van der Waals surface area contributed by atoms with Gasteiger partial charge in [0.25, 0.3) is 0 Å². The van der Waals surface area contributed by atoms with Crippen LogP contribution in [0.3, 0.4) is 0 Å². The molecule has 0 radical (unpaired) electrons. The van der Waals surface area contributed by atoms with Crippen LogP contribution < -0.4 is 0 Å². The third kappa shape index (κ3) is 3.58. The molecular weight excluding hydrogens is 649 g/mol.